The number of aliphatic hydroxyl groups excluding tert-OH is 1. The zero-order valence-corrected chi connectivity index (χ0v) is 10.6. The molecule has 1 fully saturated rings. The van der Waals surface area contributed by atoms with E-state index in [1.807, 2.05) is 6.92 Å². The molecule has 7 heteroatoms. The van der Waals surface area contributed by atoms with E-state index in [1.165, 1.54) is 11.8 Å². The Kier molecular flexibility index (Phi) is 5.36. The van der Waals surface area contributed by atoms with E-state index in [1.54, 1.807) is 0 Å². The Morgan fingerprint density at radius 1 is 1.56 bits per heavy atom. The van der Waals surface area contributed by atoms with Crippen LogP contribution in [-0.4, -0.2) is 65.1 Å². The monoisotopic (exact) mass is 260 g/mol. The number of morpholine rings is 1. The number of carbonyl (C=O) groups excluding carboxylic acids is 1. The minimum atomic E-state index is -1.29. The third-order valence-corrected chi connectivity index (χ3v) is 2.91. The van der Waals surface area contributed by atoms with Crippen molar-refractivity contribution < 1.29 is 24.5 Å². The predicted octanol–water partition coefficient (Wildman–Crippen LogP) is -0.359. The number of amides is 2. The molecule has 0 saturated carbocycles. The molecule has 1 unspecified atom stereocenters. The van der Waals surface area contributed by atoms with Crippen molar-refractivity contribution in [2.45, 2.75) is 38.5 Å². The van der Waals surface area contributed by atoms with Gasteiger partial charge >= 0.3 is 12.0 Å². The van der Waals surface area contributed by atoms with Gasteiger partial charge in [-0.3, -0.25) is 0 Å². The highest BCUT2D eigenvalue weighted by molar-refractivity contribution is 5.83. The number of nitrogens with zero attached hydrogens (tertiary/aromatic N) is 1. The fraction of sp³-hybridized carbons (Fsp3) is 0.818. The van der Waals surface area contributed by atoms with Gasteiger partial charge in [0, 0.05) is 13.1 Å². The highest BCUT2D eigenvalue weighted by Crippen LogP contribution is 2.08. The zero-order valence-electron chi connectivity index (χ0n) is 10.6. The molecule has 1 aliphatic heterocycles. The van der Waals surface area contributed by atoms with Crippen LogP contribution >= 0.6 is 0 Å². The molecule has 0 spiro atoms. The van der Waals surface area contributed by atoms with Gasteiger partial charge in [0.05, 0.1) is 18.8 Å². The molecular weight excluding hydrogens is 240 g/mol. The van der Waals surface area contributed by atoms with Crippen LogP contribution in [0.5, 0.6) is 0 Å². The normalized spacial score (nSPS) is 23.3. The van der Waals surface area contributed by atoms with Crippen LogP contribution in [-0.2, 0) is 9.53 Å². The Morgan fingerprint density at radius 2 is 2.22 bits per heavy atom. The quantitative estimate of drug-likeness (QED) is 0.641. The van der Waals surface area contributed by atoms with Gasteiger partial charge in [-0.15, -0.1) is 0 Å². The van der Waals surface area contributed by atoms with Crippen molar-refractivity contribution >= 4 is 12.0 Å². The predicted molar refractivity (Wildman–Crippen MR) is 63.2 cm³/mol. The van der Waals surface area contributed by atoms with E-state index in [2.05, 4.69) is 5.32 Å². The molecule has 0 aromatic heterocycles. The second-order valence-electron chi connectivity index (χ2n) is 4.35. The fourth-order valence-electron chi connectivity index (χ4n) is 1.76. The van der Waals surface area contributed by atoms with Crippen molar-refractivity contribution in [1.82, 2.24) is 10.2 Å². The lowest BCUT2D eigenvalue weighted by atomic mass is 10.2. The molecule has 3 N–H and O–H groups in total. The molecular formula is C11H20N2O5. The first kappa shape index (κ1) is 14.7. The number of aliphatic carboxylic acids is 1. The number of hydrogen-bond donors (Lipinski definition) is 3. The van der Waals surface area contributed by atoms with E-state index in [0.717, 1.165) is 6.42 Å². The van der Waals surface area contributed by atoms with E-state index >= 15 is 0 Å². The van der Waals surface area contributed by atoms with E-state index in [4.69, 9.17) is 9.84 Å². The number of carboxylic acid groups (broad SMARTS) is 1. The number of ether oxygens (including phenoxy) is 1. The number of urea groups is 1. The molecule has 2 amide bonds. The van der Waals surface area contributed by atoms with E-state index in [0.29, 0.717) is 19.7 Å². The first-order valence-electron chi connectivity index (χ1n) is 6.03. The largest absolute Gasteiger partial charge is 0.480 e. The van der Waals surface area contributed by atoms with Gasteiger partial charge in [-0.1, -0.05) is 6.92 Å². The Labute approximate surface area is 106 Å². The van der Waals surface area contributed by atoms with Crippen molar-refractivity contribution in [1.29, 1.82) is 0 Å². The third kappa shape index (κ3) is 3.85. The lowest BCUT2D eigenvalue weighted by molar-refractivity contribution is -0.141. The van der Waals surface area contributed by atoms with E-state index < -0.39 is 24.1 Å². The van der Waals surface area contributed by atoms with E-state index in [-0.39, 0.29) is 6.10 Å². The number of aliphatic hydroxyl groups is 1. The fourth-order valence-corrected chi connectivity index (χ4v) is 1.76. The lowest BCUT2D eigenvalue weighted by Gasteiger charge is -2.33. The summed E-state index contributed by atoms with van der Waals surface area (Å²) in [6.45, 7) is 4.59. The molecule has 0 bridgehead atoms. The summed E-state index contributed by atoms with van der Waals surface area (Å²) in [6, 6.07) is -1.77. The Balaban J connectivity index is 2.55. The number of nitrogens with one attached hydrogen (secondary N) is 1. The SMILES string of the molecule is CCC1CN(C(=O)N[C@H](C(=O)O)[C@@H](C)O)CCO1. The molecule has 18 heavy (non-hydrogen) atoms. The second-order valence-corrected chi connectivity index (χ2v) is 4.35. The Bertz CT molecular complexity index is 308. The van der Waals surface area contributed by atoms with Crippen molar-refractivity contribution in [3.8, 4) is 0 Å². The maximum atomic E-state index is 11.9. The van der Waals surface area contributed by atoms with E-state index in [9.17, 15) is 14.7 Å². The van der Waals surface area contributed by atoms with Crippen LogP contribution in [0.1, 0.15) is 20.3 Å². The second kappa shape index (κ2) is 6.55. The minimum Gasteiger partial charge on any atom is -0.480 e. The topological polar surface area (TPSA) is 99.1 Å². The van der Waals surface area contributed by atoms with Crippen molar-refractivity contribution in [3.05, 3.63) is 0 Å². The van der Waals surface area contributed by atoms with Gasteiger partial charge in [-0.05, 0) is 13.3 Å². The van der Waals surface area contributed by atoms with Crippen LogP contribution in [0.2, 0.25) is 0 Å². The lowest BCUT2D eigenvalue weighted by Crippen LogP contribution is -2.55. The van der Waals surface area contributed by atoms with Gasteiger partial charge in [0.25, 0.3) is 0 Å². The third-order valence-electron chi connectivity index (χ3n) is 2.91. The van der Waals surface area contributed by atoms with Crippen LogP contribution in [0.25, 0.3) is 0 Å². The number of rotatable bonds is 4. The van der Waals surface area contributed by atoms with Gasteiger partial charge in [0.1, 0.15) is 0 Å². The molecule has 0 radical (unpaired) electrons. The van der Waals surface area contributed by atoms with Crippen LogP contribution in [0.3, 0.4) is 0 Å². The summed E-state index contributed by atoms with van der Waals surface area (Å²) < 4.78 is 5.42. The van der Waals surface area contributed by atoms with Crippen molar-refractivity contribution in [2.75, 3.05) is 19.7 Å². The first-order valence-corrected chi connectivity index (χ1v) is 6.03. The molecule has 104 valence electrons. The molecule has 7 nitrogen and oxygen atoms in total. The van der Waals surface area contributed by atoms with Gasteiger partial charge in [-0.2, -0.15) is 0 Å². The zero-order chi connectivity index (χ0) is 13.7. The molecule has 3 atom stereocenters. The van der Waals surface area contributed by atoms with Gasteiger partial charge in [-0.25, -0.2) is 9.59 Å². The summed E-state index contributed by atoms with van der Waals surface area (Å²) in [5, 5.41) is 20.5. The maximum absolute atomic E-state index is 11.9. The van der Waals surface area contributed by atoms with Crippen LogP contribution in [0.4, 0.5) is 4.79 Å². The molecule has 0 aliphatic carbocycles. The van der Waals surface area contributed by atoms with Crippen LogP contribution < -0.4 is 5.32 Å². The van der Waals surface area contributed by atoms with Crippen molar-refractivity contribution in [2.24, 2.45) is 0 Å². The molecule has 1 rings (SSSR count). The highest BCUT2D eigenvalue weighted by atomic mass is 16.5. The molecule has 1 saturated heterocycles. The number of hydrogen-bond acceptors (Lipinski definition) is 4. The van der Waals surface area contributed by atoms with Crippen LogP contribution in [0.15, 0.2) is 0 Å². The summed E-state index contributed by atoms with van der Waals surface area (Å²) in [5.41, 5.74) is 0. The molecule has 0 aromatic rings. The molecule has 1 heterocycles. The average molecular weight is 260 g/mol. The van der Waals surface area contributed by atoms with Crippen molar-refractivity contribution in [3.63, 3.8) is 0 Å². The summed E-state index contributed by atoms with van der Waals surface area (Å²) in [7, 11) is 0. The first-order chi connectivity index (χ1) is 8.45. The van der Waals surface area contributed by atoms with Gasteiger partial charge in [0.15, 0.2) is 6.04 Å². The summed E-state index contributed by atoms with van der Waals surface area (Å²) in [4.78, 5) is 24.2. The average Bonchev–Trinajstić information content (AvgIpc) is 2.34. The molecule has 0 aromatic carbocycles. The smallest absolute Gasteiger partial charge is 0.328 e. The number of carbonyl (C=O) groups is 2. The Hall–Kier alpha value is -1.34. The minimum absolute atomic E-state index is 0.0145. The highest BCUT2D eigenvalue weighted by Gasteiger charge is 2.29. The summed E-state index contributed by atoms with van der Waals surface area (Å²) in [6.07, 6.45) is -0.364. The summed E-state index contributed by atoms with van der Waals surface area (Å²) in [5.74, 6) is -1.25. The Morgan fingerprint density at radius 3 is 2.72 bits per heavy atom. The van der Waals surface area contributed by atoms with Gasteiger partial charge in [0.2, 0.25) is 0 Å². The van der Waals surface area contributed by atoms with Crippen LogP contribution in [0, 0.1) is 0 Å². The number of carboxylic acids is 1. The standard InChI is InChI=1S/C11H20N2O5/c1-3-8-6-13(4-5-18-8)11(17)12-9(7(2)14)10(15)16/h7-9,14H,3-6H2,1-2H3,(H,12,17)(H,15,16)/t7-,8?,9+/m1/s1. The summed E-state index contributed by atoms with van der Waals surface area (Å²) >= 11 is 0. The van der Waals surface area contributed by atoms with Gasteiger partial charge < -0.3 is 25.2 Å². The maximum Gasteiger partial charge on any atom is 0.328 e. The molecule has 1 aliphatic rings.